The van der Waals surface area contributed by atoms with Crippen molar-refractivity contribution in [3.05, 3.63) is 64.6 Å². The number of nitrogens with one attached hydrogen (secondary N) is 1. The number of thioether (sulfide) groups is 1. The van der Waals surface area contributed by atoms with Crippen molar-refractivity contribution in [3.63, 3.8) is 0 Å². The summed E-state index contributed by atoms with van der Waals surface area (Å²) >= 11 is 6.44. The maximum atomic E-state index is 12.6. The molecule has 0 aromatic heterocycles. The second-order valence-electron chi connectivity index (χ2n) is 6.08. The van der Waals surface area contributed by atoms with Crippen LogP contribution in [0, 0.1) is 0 Å². The molecule has 2 amide bonds. The zero-order chi connectivity index (χ0) is 21.0. The number of aromatic hydroxyl groups is 1. The molecule has 29 heavy (non-hydrogen) atoms. The number of benzene rings is 2. The topological polar surface area (TPSA) is 107 Å². The Balaban J connectivity index is 1.61. The third-order valence-corrected chi connectivity index (χ3v) is 5.42. The van der Waals surface area contributed by atoms with Gasteiger partial charge in [0, 0.05) is 18.7 Å². The first-order valence-electron chi connectivity index (χ1n) is 8.52. The molecule has 1 aliphatic heterocycles. The molecule has 148 valence electrons. The van der Waals surface area contributed by atoms with Crippen LogP contribution in [0.5, 0.6) is 5.75 Å². The number of hydrogen-bond acceptors (Lipinski definition) is 6. The van der Waals surface area contributed by atoms with E-state index in [1.54, 1.807) is 6.08 Å². The molecule has 1 saturated heterocycles. The SMILES string of the molecule is O=C(CCN1C(=O)C(=Cc2ccccc2)SC1=S)Nc1ccc(O)c(C(=O)O)c1. The number of amides is 2. The highest BCUT2D eigenvalue weighted by atomic mass is 32.2. The summed E-state index contributed by atoms with van der Waals surface area (Å²) in [5.41, 5.74) is 0.803. The van der Waals surface area contributed by atoms with Crippen molar-refractivity contribution in [2.75, 3.05) is 11.9 Å². The summed E-state index contributed by atoms with van der Waals surface area (Å²) in [6, 6.07) is 13.1. The van der Waals surface area contributed by atoms with Crippen LogP contribution >= 0.6 is 24.0 Å². The number of carboxylic acids is 1. The molecule has 0 aliphatic carbocycles. The summed E-state index contributed by atoms with van der Waals surface area (Å²) in [5.74, 6) is -2.36. The van der Waals surface area contributed by atoms with Crippen molar-refractivity contribution in [1.29, 1.82) is 0 Å². The van der Waals surface area contributed by atoms with Crippen molar-refractivity contribution in [1.82, 2.24) is 4.90 Å². The summed E-state index contributed by atoms with van der Waals surface area (Å²) in [4.78, 5) is 37.7. The molecule has 7 nitrogen and oxygen atoms in total. The lowest BCUT2D eigenvalue weighted by Gasteiger charge is -2.14. The summed E-state index contributed by atoms with van der Waals surface area (Å²) in [6.45, 7) is 0.104. The van der Waals surface area contributed by atoms with Crippen LogP contribution in [0.1, 0.15) is 22.3 Å². The number of anilines is 1. The van der Waals surface area contributed by atoms with Crippen molar-refractivity contribution in [2.45, 2.75) is 6.42 Å². The maximum absolute atomic E-state index is 12.6. The first-order valence-corrected chi connectivity index (χ1v) is 9.74. The molecule has 3 N–H and O–H groups in total. The first-order chi connectivity index (χ1) is 13.8. The molecule has 1 fully saturated rings. The lowest BCUT2D eigenvalue weighted by atomic mass is 10.1. The van der Waals surface area contributed by atoms with E-state index in [1.807, 2.05) is 30.3 Å². The van der Waals surface area contributed by atoms with Crippen LogP contribution in [-0.2, 0) is 9.59 Å². The predicted octanol–water partition coefficient (Wildman–Crippen LogP) is 3.32. The monoisotopic (exact) mass is 428 g/mol. The Bertz CT molecular complexity index is 1020. The molecular formula is C20H16N2O5S2. The largest absolute Gasteiger partial charge is 0.507 e. The van der Waals surface area contributed by atoms with Gasteiger partial charge >= 0.3 is 5.97 Å². The summed E-state index contributed by atoms with van der Waals surface area (Å²) < 4.78 is 0.378. The van der Waals surface area contributed by atoms with Gasteiger partial charge in [-0.2, -0.15) is 0 Å². The van der Waals surface area contributed by atoms with E-state index in [0.29, 0.717) is 9.23 Å². The Hall–Kier alpha value is -3.17. The van der Waals surface area contributed by atoms with Gasteiger partial charge in [-0.3, -0.25) is 14.5 Å². The van der Waals surface area contributed by atoms with Crippen LogP contribution in [-0.4, -0.2) is 43.8 Å². The fourth-order valence-corrected chi connectivity index (χ4v) is 3.92. The van der Waals surface area contributed by atoms with Crippen LogP contribution in [0.2, 0.25) is 0 Å². The molecular weight excluding hydrogens is 412 g/mol. The van der Waals surface area contributed by atoms with Crippen LogP contribution in [0.3, 0.4) is 0 Å². The number of rotatable bonds is 6. The number of phenols is 1. The van der Waals surface area contributed by atoms with E-state index in [-0.39, 0.29) is 30.1 Å². The number of hydrogen-bond donors (Lipinski definition) is 3. The Labute approximate surface area is 176 Å². The van der Waals surface area contributed by atoms with Crippen molar-refractivity contribution >= 4 is 57.8 Å². The van der Waals surface area contributed by atoms with Gasteiger partial charge in [-0.1, -0.05) is 54.3 Å². The van der Waals surface area contributed by atoms with Gasteiger partial charge in [0.1, 0.15) is 15.6 Å². The quantitative estimate of drug-likeness (QED) is 0.368. The normalized spacial score (nSPS) is 15.0. The van der Waals surface area contributed by atoms with Crippen LogP contribution in [0.25, 0.3) is 6.08 Å². The highest BCUT2D eigenvalue weighted by molar-refractivity contribution is 8.26. The zero-order valence-electron chi connectivity index (χ0n) is 15.0. The third-order valence-electron chi connectivity index (χ3n) is 4.04. The van der Waals surface area contributed by atoms with Crippen LogP contribution < -0.4 is 5.32 Å². The average molecular weight is 428 g/mol. The van der Waals surface area contributed by atoms with Crippen LogP contribution in [0.15, 0.2) is 53.4 Å². The zero-order valence-corrected chi connectivity index (χ0v) is 16.6. The van der Waals surface area contributed by atoms with Crippen LogP contribution in [0.4, 0.5) is 5.69 Å². The summed E-state index contributed by atoms with van der Waals surface area (Å²) in [5, 5.41) is 21.1. The smallest absolute Gasteiger partial charge is 0.339 e. The van der Waals surface area contributed by atoms with Gasteiger partial charge in [0.05, 0.1) is 4.91 Å². The van der Waals surface area contributed by atoms with Crippen molar-refractivity contribution in [2.24, 2.45) is 0 Å². The van der Waals surface area contributed by atoms with Gasteiger partial charge in [-0.05, 0) is 29.8 Å². The first kappa shape index (κ1) is 20.6. The van der Waals surface area contributed by atoms with E-state index < -0.39 is 17.6 Å². The number of thiocarbonyl (C=S) groups is 1. The lowest BCUT2D eigenvalue weighted by molar-refractivity contribution is -0.122. The third kappa shape index (κ3) is 5.01. The molecule has 2 aromatic rings. The van der Waals surface area contributed by atoms with E-state index in [9.17, 15) is 19.5 Å². The second-order valence-corrected chi connectivity index (χ2v) is 7.76. The van der Waals surface area contributed by atoms with Gasteiger partial charge in [0.2, 0.25) is 5.91 Å². The lowest BCUT2D eigenvalue weighted by Crippen LogP contribution is -2.31. The number of carbonyl (C=O) groups is 3. The number of carboxylic acid groups (broad SMARTS) is 1. The molecule has 2 aromatic carbocycles. The Morgan fingerprint density at radius 1 is 1.17 bits per heavy atom. The molecule has 0 spiro atoms. The van der Waals surface area contributed by atoms with E-state index in [2.05, 4.69) is 5.32 Å². The van der Waals surface area contributed by atoms with E-state index in [0.717, 1.165) is 11.6 Å². The molecule has 0 bridgehead atoms. The Morgan fingerprint density at radius 3 is 2.59 bits per heavy atom. The molecule has 3 rings (SSSR count). The average Bonchev–Trinajstić information content (AvgIpc) is 2.95. The fraction of sp³-hybridized carbons (Fsp3) is 0.100. The molecule has 0 unspecified atom stereocenters. The summed E-state index contributed by atoms with van der Waals surface area (Å²) in [7, 11) is 0. The Kier molecular flexibility index (Phi) is 6.30. The Morgan fingerprint density at radius 2 is 1.90 bits per heavy atom. The van der Waals surface area contributed by atoms with E-state index in [1.165, 1.54) is 28.8 Å². The van der Waals surface area contributed by atoms with Gasteiger partial charge in [-0.15, -0.1) is 0 Å². The van der Waals surface area contributed by atoms with E-state index >= 15 is 0 Å². The number of aromatic carboxylic acids is 1. The number of nitrogens with zero attached hydrogens (tertiary/aromatic N) is 1. The fourth-order valence-electron chi connectivity index (χ4n) is 2.62. The van der Waals surface area contributed by atoms with Crippen molar-refractivity contribution in [3.8, 4) is 5.75 Å². The van der Waals surface area contributed by atoms with Gasteiger partial charge in [0.15, 0.2) is 0 Å². The molecule has 0 atom stereocenters. The molecule has 9 heteroatoms. The minimum atomic E-state index is -1.30. The molecule has 0 radical (unpaired) electrons. The molecule has 0 saturated carbocycles. The maximum Gasteiger partial charge on any atom is 0.339 e. The van der Waals surface area contributed by atoms with Gasteiger partial charge in [-0.25, -0.2) is 4.79 Å². The predicted molar refractivity (Wildman–Crippen MR) is 115 cm³/mol. The second kappa shape index (κ2) is 8.89. The van der Waals surface area contributed by atoms with Crippen molar-refractivity contribution < 1.29 is 24.6 Å². The van der Waals surface area contributed by atoms with Gasteiger partial charge < -0.3 is 15.5 Å². The highest BCUT2D eigenvalue weighted by Crippen LogP contribution is 2.32. The summed E-state index contributed by atoms with van der Waals surface area (Å²) in [6.07, 6.45) is 1.73. The number of carbonyl (C=O) groups excluding carboxylic acids is 2. The standard InChI is InChI=1S/C20H16N2O5S2/c23-15-7-6-13(11-14(15)19(26)27)21-17(24)8-9-22-18(25)16(29-20(22)28)10-12-4-2-1-3-5-12/h1-7,10-11,23H,8-9H2,(H,21,24)(H,26,27). The molecule has 1 heterocycles. The van der Waals surface area contributed by atoms with Gasteiger partial charge in [0.25, 0.3) is 5.91 Å². The minimum Gasteiger partial charge on any atom is -0.507 e. The minimum absolute atomic E-state index is 0.0195. The van der Waals surface area contributed by atoms with E-state index in [4.69, 9.17) is 17.3 Å². The highest BCUT2D eigenvalue weighted by Gasteiger charge is 2.32. The molecule has 1 aliphatic rings.